The summed E-state index contributed by atoms with van der Waals surface area (Å²) < 4.78 is 5.77. The number of anilines is 1. The molecule has 0 unspecified atom stereocenters. The molecule has 1 aliphatic heterocycles. The highest BCUT2D eigenvalue weighted by atomic mass is 16.5. The maximum absolute atomic E-state index is 5.77. The van der Waals surface area contributed by atoms with E-state index in [0.29, 0.717) is 12.6 Å². The standard InChI is InChI=1S/C17H20N2O/c1-3-17(9-5-4-6-10-17)19-16-18-15-8-7-13(2)11-14(15)12-20-16/h4-9,11H,3,10,12H2,1-2H3,(H,18,19)/t17-/m1/s1. The number of rotatable bonds is 2. The Kier molecular flexibility index (Phi) is 3.35. The number of fused-ring (bicyclic) bond motifs is 1. The number of ether oxygens (including phenoxy) is 1. The summed E-state index contributed by atoms with van der Waals surface area (Å²) in [5.41, 5.74) is 3.37. The third-order valence-electron chi connectivity index (χ3n) is 3.93. The molecule has 3 rings (SSSR count). The minimum atomic E-state index is -0.167. The molecule has 0 bridgehead atoms. The molecule has 0 saturated heterocycles. The van der Waals surface area contributed by atoms with Gasteiger partial charge in [-0.2, -0.15) is 0 Å². The molecule has 0 spiro atoms. The lowest BCUT2D eigenvalue weighted by atomic mass is 9.89. The highest BCUT2D eigenvalue weighted by Gasteiger charge is 2.26. The number of nitrogens with zero attached hydrogens (tertiary/aromatic N) is 1. The predicted molar refractivity (Wildman–Crippen MR) is 82.9 cm³/mol. The van der Waals surface area contributed by atoms with Gasteiger partial charge in [0.05, 0.1) is 5.54 Å². The van der Waals surface area contributed by atoms with Crippen LogP contribution in [0, 0.1) is 6.92 Å². The summed E-state index contributed by atoms with van der Waals surface area (Å²) >= 11 is 0. The van der Waals surface area contributed by atoms with Crippen LogP contribution in [0.25, 0.3) is 0 Å². The van der Waals surface area contributed by atoms with Gasteiger partial charge in [-0.25, -0.2) is 4.99 Å². The molecule has 1 aromatic rings. The zero-order chi connectivity index (χ0) is 14.0. The molecule has 0 fully saturated rings. The molecule has 1 aromatic carbocycles. The zero-order valence-corrected chi connectivity index (χ0v) is 12.0. The van der Waals surface area contributed by atoms with E-state index >= 15 is 0 Å². The largest absolute Gasteiger partial charge is 0.460 e. The van der Waals surface area contributed by atoms with E-state index in [4.69, 9.17) is 9.73 Å². The highest BCUT2D eigenvalue weighted by molar-refractivity contribution is 5.92. The van der Waals surface area contributed by atoms with Crippen LogP contribution in [-0.4, -0.2) is 11.6 Å². The van der Waals surface area contributed by atoms with E-state index in [1.807, 2.05) is 0 Å². The molecule has 1 N–H and O–H groups in total. The van der Waals surface area contributed by atoms with Crippen LogP contribution < -0.4 is 5.32 Å². The Morgan fingerprint density at radius 3 is 3.00 bits per heavy atom. The summed E-state index contributed by atoms with van der Waals surface area (Å²) in [5.74, 6) is 0. The third-order valence-corrected chi connectivity index (χ3v) is 3.93. The molecule has 1 heterocycles. The van der Waals surface area contributed by atoms with Crippen molar-refractivity contribution in [2.45, 2.75) is 38.8 Å². The lowest BCUT2D eigenvalue weighted by molar-refractivity contribution is 0.279. The second-order valence-corrected chi connectivity index (χ2v) is 5.44. The molecule has 0 aromatic heterocycles. The summed E-state index contributed by atoms with van der Waals surface area (Å²) in [7, 11) is 0. The summed E-state index contributed by atoms with van der Waals surface area (Å²) in [6, 6.07) is 6.98. The van der Waals surface area contributed by atoms with E-state index in [-0.39, 0.29) is 5.54 Å². The molecule has 0 amide bonds. The van der Waals surface area contributed by atoms with Crippen molar-refractivity contribution in [1.82, 2.24) is 0 Å². The number of nitrogens with one attached hydrogen (secondary N) is 1. The zero-order valence-electron chi connectivity index (χ0n) is 12.0. The van der Waals surface area contributed by atoms with Crippen molar-refractivity contribution >= 4 is 11.7 Å². The van der Waals surface area contributed by atoms with Crippen LogP contribution in [0.4, 0.5) is 5.69 Å². The SMILES string of the molecule is CC[C@@]1(N=C2Nc3ccc(C)cc3CO2)C=CC=CC1. The maximum atomic E-state index is 5.77. The smallest absolute Gasteiger partial charge is 0.290 e. The van der Waals surface area contributed by atoms with Crippen LogP contribution in [-0.2, 0) is 11.3 Å². The summed E-state index contributed by atoms with van der Waals surface area (Å²) in [4.78, 5) is 4.81. The van der Waals surface area contributed by atoms with Gasteiger partial charge in [0.1, 0.15) is 6.61 Å². The van der Waals surface area contributed by atoms with Gasteiger partial charge in [0.25, 0.3) is 6.02 Å². The van der Waals surface area contributed by atoms with E-state index in [1.165, 1.54) is 11.1 Å². The Hall–Kier alpha value is -2.03. The minimum absolute atomic E-state index is 0.167. The Morgan fingerprint density at radius 2 is 2.25 bits per heavy atom. The third kappa shape index (κ3) is 2.48. The van der Waals surface area contributed by atoms with E-state index in [2.05, 4.69) is 61.7 Å². The molecular formula is C17H20N2O. The summed E-state index contributed by atoms with van der Waals surface area (Å²) in [6.45, 7) is 4.84. The van der Waals surface area contributed by atoms with Gasteiger partial charge in [-0.15, -0.1) is 0 Å². The van der Waals surface area contributed by atoms with E-state index in [9.17, 15) is 0 Å². The van der Waals surface area contributed by atoms with Crippen molar-refractivity contribution in [3.63, 3.8) is 0 Å². The van der Waals surface area contributed by atoms with Gasteiger partial charge >= 0.3 is 0 Å². The van der Waals surface area contributed by atoms with Gasteiger partial charge in [0.15, 0.2) is 0 Å². The Balaban J connectivity index is 1.86. The lowest BCUT2D eigenvalue weighted by Gasteiger charge is -2.28. The molecule has 1 aliphatic carbocycles. The fraction of sp³-hybridized carbons (Fsp3) is 0.353. The molecular weight excluding hydrogens is 248 g/mol. The van der Waals surface area contributed by atoms with Crippen LogP contribution in [0.2, 0.25) is 0 Å². The van der Waals surface area contributed by atoms with Gasteiger partial charge < -0.3 is 10.1 Å². The monoisotopic (exact) mass is 268 g/mol. The topological polar surface area (TPSA) is 33.6 Å². The van der Waals surface area contributed by atoms with Gasteiger partial charge in [0.2, 0.25) is 0 Å². The fourth-order valence-electron chi connectivity index (χ4n) is 2.60. The quantitative estimate of drug-likeness (QED) is 0.881. The Morgan fingerprint density at radius 1 is 1.35 bits per heavy atom. The summed E-state index contributed by atoms with van der Waals surface area (Å²) in [6.07, 6.45) is 10.3. The van der Waals surface area contributed by atoms with Crippen molar-refractivity contribution in [2.75, 3.05) is 5.32 Å². The van der Waals surface area contributed by atoms with Gasteiger partial charge in [0, 0.05) is 11.3 Å². The molecule has 0 radical (unpaired) electrons. The fourth-order valence-corrected chi connectivity index (χ4v) is 2.60. The normalized spacial score (nSPS) is 26.0. The van der Waals surface area contributed by atoms with E-state index in [0.717, 1.165) is 18.5 Å². The average molecular weight is 268 g/mol. The molecule has 2 aliphatic rings. The van der Waals surface area contributed by atoms with E-state index in [1.54, 1.807) is 0 Å². The second kappa shape index (κ2) is 5.16. The molecule has 0 saturated carbocycles. The van der Waals surface area contributed by atoms with E-state index < -0.39 is 0 Å². The molecule has 1 atom stereocenters. The Labute approximate surface area is 120 Å². The average Bonchev–Trinajstić information content (AvgIpc) is 2.48. The molecule has 3 nitrogen and oxygen atoms in total. The van der Waals surface area contributed by atoms with Crippen molar-refractivity contribution in [3.8, 4) is 0 Å². The number of amidine groups is 1. The van der Waals surface area contributed by atoms with Crippen molar-refractivity contribution < 1.29 is 4.74 Å². The van der Waals surface area contributed by atoms with Crippen molar-refractivity contribution in [1.29, 1.82) is 0 Å². The van der Waals surface area contributed by atoms with Gasteiger partial charge in [-0.1, -0.05) is 48.9 Å². The number of aliphatic imine (C=N–C) groups is 1. The number of hydrogen-bond acceptors (Lipinski definition) is 2. The number of hydrogen-bond donors (Lipinski definition) is 1. The number of allylic oxidation sites excluding steroid dienone is 2. The van der Waals surface area contributed by atoms with Crippen LogP contribution >= 0.6 is 0 Å². The first-order valence-electron chi connectivity index (χ1n) is 7.14. The lowest BCUT2D eigenvalue weighted by Crippen LogP contribution is -2.30. The molecule has 3 heteroatoms. The molecule has 104 valence electrons. The second-order valence-electron chi connectivity index (χ2n) is 5.44. The predicted octanol–water partition coefficient (Wildman–Crippen LogP) is 3.96. The maximum Gasteiger partial charge on any atom is 0.290 e. The van der Waals surface area contributed by atoms with Crippen LogP contribution in [0.3, 0.4) is 0 Å². The number of benzene rings is 1. The minimum Gasteiger partial charge on any atom is -0.460 e. The Bertz CT molecular complexity index is 601. The van der Waals surface area contributed by atoms with Crippen molar-refractivity contribution in [2.24, 2.45) is 4.99 Å². The highest BCUT2D eigenvalue weighted by Crippen LogP contribution is 2.29. The molecule has 20 heavy (non-hydrogen) atoms. The summed E-state index contributed by atoms with van der Waals surface area (Å²) in [5, 5.41) is 3.30. The first kappa shape index (κ1) is 13.0. The number of aryl methyl sites for hydroxylation is 1. The van der Waals surface area contributed by atoms with Crippen LogP contribution in [0.1, 0.15) is 30.9 Å². The first-order chi connectivity index (χ1) is 9.71. The van der Waals surface area contributed by atoms with Crippen LogP contribution in [0.5, 0.6) is 0 Å². The first-order valence-corrected chi connectivity index (χ1v) is 7.14. The van der Waals surface area contributed by atoms with Crippen LogP contribution in [0.15, 0.2) is 47.5 Å². The van der Waals surface area contributed by atoms with Gasteiger partial charge in [-0.3, -0.25) is 0 Å². The van der Waals surface area contributed by atoms with Crippen molar-refractivity contribution in [3.05, 3.63) is 53.6 Å². The van der Waals surface area contributed by atoms with Gasteiger partial charge in [-0.05, 0) is 25.8 Å².